The zero-order valence-electron chi connectivity index (χ0n) is 22.9. The summed E-state index contributed by atoms with van der Waals surface area (Å²) in [5, 5.41) is 3.48. The number of esters is 1. The monoisotopic (exact) mass is 533 g/mol. The van der Waals surface area contributed by atoms with Crippen LogP contribution in [0.4, 0.5) is 0 Å². The number of hydrogen-bond acceptors (Lipinski definition) is 5. The molecule has 6 rings (SSSR count). The van der Waals surface area contributed by atoms with Gasteiger partial charge in [-0.2, -0.15) is 0 Å². The van der Waals surface area contributed by atoms with Gasteiger partial charge in [0.1, 0.15) is 18.5 Å². The number of benzene rings is 3. The highest BCUT2D eigenvalue weighted by atomic mass is 16.5. The summed E-state index contributed by atoms with van der Waals surface area (Å²) in [6.45, 7) is 2.31. The quantitative estimate of drug-likeness (QED) is 0.328. The summed E-state index contributed by atoms with van der Waals surface area (Å²) < 4.78 is 12.4. The van der Waals surface area contributed by atoms with Gasteiger partial charge >= 0.3 is 5.97 Å². The number of ketones is 1. The number of Topliss-reactive ketones (excluding diaryl/α,β-unsaturated/α-hetero) is 1. The van der Waals surface area contributed by atoms with E-state index < -0.39 is 5.92 Å². The van der Waals surface area contributed by atoms with E-state index in [4.69, 9.17) is 9.47 Å². The number of carbonyl (C=O) groups excluding carboxylic acids is 2. The lowest BCUT2D eigenvalue weighted by Crippen LogP contribution is -2.36. The van der Waals surface area contributed by atoms with Gasteiger partial charge in [-0.25, -0.2) is 4.79 Å². The molecule has 1 aliphatic heterocycles. The molecule has 0 radical (unpaired) electrons. The van der Waals surface area contributed by atoms with E-state index in [1.165, 1.54) is 0 Å². The number of rotatable bonds is 7. The molecule has 5 heteroatoms. The summed E-state index contributed by atoms with van der Waals surface area (Å²) in [7, 11) is 0. The molecule has 5 nitrogen and oxygen atoms in total. The zero-order chi connectivity index (χ0) is 27.5. The molecular formula is C35H35NO4. The Morgan fingerprint density at radius 3 is 2.30 bits per heavy atom. The van der Waals surface area contributed by atoms with Crippen molar-refractivity contribution in [2.45, 2.75) is 70.0 Å². The normalized spacial score (nSPS) is 21.2. The number of para-hydroxylation sites is 1. The Bertz CT molecular complexity index is 1450. The molecule has 1 N–H and O–H groups in total. The third-order valence-corrected chi connectivity index (χ3v) is 8.36. The van der Waals surface area contributed by atoms with Crippen LogP contribution < -0.4 is 10.1 Å². The average Bonchev–Trinajstić information content (AvgIpc) is 3.49. The van der Waals surface area contributed by atoms with Gasteiger partial charge in [-0.1, -0.05) is 78.9 Å². The Morgan fingerprint density at radius 1 is 0.875 bits per heavy atom. The van der Waals surface area contributed by atoms with Gasteiger partial charge < -0.3 is 14.8 Å². The molecule has 3 aromatic rings. The Kier molecular flexibility index (Phi) is 7.54. The number of carbonyl (C=O) groups is 2. The van der Waals surface area contributed by atoms with Gasteiger partial charge in [0.15, 0.2) is 5.78 Å². The average molecular weight is 534 g/mol. The molecule has 0 unspecified atom stereocenters. The Labute approximate surface area is 235 Å². The van der Waals surface area contributed by atoms with Gasteiger partial charge in [0.2, 0.25) is 0 Å². The third-order valence-electron chi connectivity index (χ3n) is 8.36. The zero-order valence-corrected chi connectivity index (χ0v) is 22.9. The molecule has 2 atom stereocenters. The van der Waals surface area contributed by atoms with Crippen LogP contribution in [0.2, 0.25) is 0 Å². The molecule has 3 aliphatic rings. The first-order chi connectivity index (χ1) is 19.6. The highest BCUT2D eigenvalue weighted by molar-refractivity contribution is 6.04. The number of ether oxygens (including phenoxy) is 2. The first-order valence-electron chi connectivity index (χ1n) is 14.3. The Balaban J connectivity index is 1.40. The fraction of sp³-hybridized carbons (Fsp3) is 0.314. The van der Waals surface area contributed by atoms with Gasteiger partial charge in [-0.05, 0) is 62.1 Å². The van der Waals surface area contributed by atoms with Gasteiger partial charge in [0.05, 0.1) is 11.5 Å². The molecule has 0 spiro atoms. The van der Waals surface area contributed by atoms with Crippen molar-refractivity contribution in [3.63, 3.8) is 0 Å². The van der Waals surface area contributed by atoms with Crippen molar-refractivity contribution >= 4 is 11.8 Å². The Hall–Kier alpha value is -4.12. The second-order valence-electron chi connectivity index (χ2n) is 11.1. The van der Waals surface area contributed by atoms with Gasteiger partial charge in [-0.3, -0.25) is 4.79 Å². The summed E-state index contributed by atoms with van der Waals surface area (Å²) in [5.74, 6) is -0.0817. The van der Waals surface area contributed by atoms with E-state index in [0.29, 0.717) is 36.3 Å². The van der Waals surface area contributed by atoms with Crippen LogP contribution in [0.5, 0.6) is 5.75 Å². The van der Waals surface area contributed by atoms with Crippen molar-refractivity contribution in [1.82, 2.24) is 5.32 Å². The van der Waals surface area contributed by atoms with Crippen LogP contribution in [-0.2, 0) is 20.9 Å². The third kappa shape index (κ3) is 5.33. The minimum absolute atomic E-state index is 0.0594. The van der Waals surface area contributed by atoms with Crippen LogP contribution in [0.15, 0.2) is 107 Å². The maximum atomic E-state index is 14.0. The Morgan fingerprint density at radius 2 is 1.55 bits per heavy atom. The molecule has 0 amide bonds. The van der Waals surface area contributed by atoms with Crippen molar-refractivity contribution in [3.8, 4) is 5.75 Å². The highest BCUT2D eigenvalue weighted by Gasteiger charge is 2.43. The predicted molar refractivity (Wildman–Crippen MR) is 155 cm³/mol. The molecule has 1 fully saturated rings. The maximum Gasteiger partial charge on any atom is 0.337 e. The van der Waals surface area contributed by atoms with Crippen LogP contribution in [0.3, 0.4) is 0 Å². The number of dihydropyridines is 1. The summed E-state index contributed by atoms with van der Waals surface area (Å²) in [6, 6.07) is 28.0. The van der Waals surface area contributed by atoms with Crippen molar-refractivity contribution < 1.29 is 19.1 Å². The summed E-state index contributed by atoms with van der Waals surface area (Å²) in [4.78, 5) is 27.8. The molecule has 0 aromatic heterocycles. The maximum absolute atomic E-state index is 14.0. The van der Waals surface area contributed by atoms with E-state index in [1.54, 1.807) is 0 Å². The van der Waals surface area contributed by atoms with E-state index in [0.717, 1.165) is 53.8 Å². The molecular weight excluding hydrogens is 498 g/mol. The smallest absolute Gasteiger partial charge is 0.337 e. The lowest BCUT2D eigenvalue weighted by Gasteiger charge is -2.37. The summed E-state index contributed by atoms with van der Waals surface area (Å²) in [6.07, 6.45) is 4.95. The minimum atomic E-state index is -0.554. The molecule has 0 bridgehead atoms. The summed E-state index contributed by atoms with van der Waals surface area (Å²) in [5.41, 5.74) is 5.82. The second kappa shape index (κ2) is 11.5. The van der Waals surface area contributed by atoms with Crippen LogP contribution in [0.25, 0.3) is 0 Å². The first kappa shape index (κ1) is 26.1. The highest BCUT2D eigenvalue weighted by Crippen LogP contribution is 2.48. The van der Waals surface area contributed by atoms with Gasteiger partial charge in [0.25, 0.3) is 0 Å². The number of nitrogens with one attached hydrogen (secondary N) is 1. The molecule has 1 saturated carbocycles. The molecule has 0 saturated heterocycles. The van der Waals surface area contributed by atoms with Crippen molar-refractivity contribution in [3.05, 3.63) is 124 Å². The lowest BCUT2D eigenvalue weighted by molar-refractivity contribution is -0.144. The lowest BCUT2D eigenvalue weighted by atomic mass is 9.71. The van der Waals surface area contributed by atoms with Gasteiger partial charge in [-0.15, -0.1) is 0 Å². The SMILES string of the molecule is CC1=C(C(=O)OC2CCCC2)[C@H](c2ccccc2OCc2ccccc2)C2=C(C[C@@H](c3ccccc3)CC2=O)N1. The molecule has 3 aromatic carbocycles. The fourth-order valence-electron chi connectivity index (χ4n) is 6.39. The first-order valence-corrected chi connectivity index (χ1v) is 14.3. The van der Waals surface area contributed by atoms with E-state index >= 15 is 0 Å². The van der Waals surface area contributed by atoms with Crippen LogP contribution in [0, 0.1) is 0 Å². The van der Waals surface area contributed by atoms with E-state index in [2.05, 4.69) is 17.4 Å². The van der Waals surface area contributed by atoms with Crippen LogP contribution >= 0.6 is 0 Å². The topological polar surface area (TPSA) is 64.6 Å². The second-order valence-corrected chi connectivity index (χ2v) is 11.1. The molecule has 2 aliphatic carbocycles. The van der Waals surface area contributed by atoms with Crippen molar-refractivity contribution in [1.29, 1.82) is 0 Å². The van der Waals surface area contributed by atoms with Crippen molar-refractivity contribution in [2.24, 2.45) is 0 Å². The fourth-order valence-corrected chi connectivity index (χ4v) is 6.39. The van der Waals surface area contributed by atoms with E-state index in [1.807, 2.05) is 79.7 Å². The molecule has 204 valence electrons. The van der Waals surface area contributed by atoms with Gasteiger partial charge in [0, 0.05) is 29.0 Å². The molecule has 1 heterocycles. The minimum Gasteiger partial charge on any atom is -0.489 e. The van der Waals surface area contributed by atoms with E-state index in [9.17, 15) is 9.59 Å². The van der Waals surface area contributed by atoms with Crippen LogP contribution in [-0.4, -0.2) is 17.9 Å². The van der Waals surface area contributed by atoms with E-state index in [-0.39, 0.29) is 23.8 Å². The van der Waals surface area contributed by atoms with Crippen LogP contribution in [0.1, 0.15) is 74.0 Å². The summed E-state index contributed by atoms with van der Waals surface area (Å²) >= 11 is 0. The molecule has 40 heavy (non-hydrogen) atoms. The number of hydrogen-bond donors (Lipinski definition) is 1. The standard InChI is InChI=1S/C35H35NO4/c1-23-32(35(38)40-27-16-8-9-17-27)33(28-18-10-11-19-31(28)39-22-24-12-4-2-5-13-24)34-29(36-23)20-26(21-30(34)37)25-14-6-3-7-15-25/h2-7,10-15,18-19,26-27,33,36H,8-9,16-17,20-22H2,1H3/t26-,33+/m1/s1. The predicted octanol–water partition coefficient (Wildman–Crippen LogP) is 7.11. The number of allylic oxidation sites excluding steroid dienone is 3. The van der Waals surface area contributed by atoms with Crippen molar-refractivity contribution in [2.75, 3.05) is 0 Å². The largest absolute Gasteiger partial charge is 0.489 e.